The fourth-order valence-electron chi connectivity index (χ4n) is 2.47. The van der Waals surface area contributed by atoms with Crippen molar-refractivity contribution in [1.29, 1.82) is 0 Å². The number of anilines is 1. The largest absolute Gasteiger partial charge is 0.361 e. The van der Waals surface area contributed by atoms with Crippen LogP contribution in [0.25, 0.3) is 11.2 Å². The zero-order valence-electron chi connectivity index (χ0n) is 12.4. The van der Waals surface area contributed by atoms with Gasteiger partial charge in [-0.05, 0) is 25.7 Å². The molecule has 0 amide bonds. The third kappa shape index (κ3) is 3.53. The van der Waals surface area contributed by atoms with E-state index < -0.39 is 19.5 Å². The molecule has 0 atom stereocenters. The molecule has 2 aromatic rings. The number of fused-ring (bicyclic) bond motifs is 1. The van der Waals surface area contributed by atoms with Gasteiger partial charge < -0.3 is 24.4 Å². The fraction of sp³-hybridized carbons (Fsp3) is 0.615. The second-order valence-electron chi connectivity index (χ2n) is 6.31. The first kappa shape index (κ1) is 15.0. The zero-order chi connectivity index (χ0) is 16.1. The van der Waals surface area contributed by atoms with E-state index in [4.69, 9.17) is 14.5 Å². The van der Waals surface area contributed by atoms with Gasteiger partial charge in [-0.3, -0.25) is 4.57 Å². The monoisotopic (exact) mass is 339 g/mol. The molecule has 2 aromatic heterocycles. The molecule has 0 saturated heterocycles. The Morgan fingerprint density at radius 1 is 1.39 bits per heavy atom. The van der Waals surface area contributed by atoms with E-state index in [1.54, 1.807) is 12.5 Å². The molecule has 2 fully saturated rings. The van der Waals surface area contributed by atoms with Crippen LogP contribution < -0.4 is 5.32 Å². The molecule has 3 N–H and O–H groups in total. The van der Waals surface area contributed by atoms with Crippen LogP contribution in [0.5, 0.6) is 0 Å². The van der Waals surface area contributed by atoms with Crippen LogP contribution in [-0.4, -0.2) is 47.3 Å². The van der Waals surface area contributed by atoms with Crippen molar-refractivity contribution in [3.63, 3.8) is 0 Å². The molecule has 2 heterocycles. The van der Waals surface area contributed by atoms with E-state index in [2.05, 4.69) is 20.3 Å². The van der Waals surface area contributed by atoms with Gasteiger partial charge >= 0.3 is 7.60 Å². The summed E-state index contributed by atoms with van der Waals surface area (Å²) in [5.74, 6) is 0.586. The number of nitrogens with zero attached hydrogens (tertiary/aromatic N) is 4. The van der Waals surface area contributed by atoms with E-state index in [0.29, 0.717) is 29.7 Å². The molecule has 9 nitrogen and oxygen atoms in total. The Balaban J connectivity index is 1.52. The Morgan fingerprint density at radius 2 is 2.17 bits per heavy atom. The van der Waals surface area contributed by atoms with E-state index >= 15 is 0 Å². The highest BCUT2D eigenvalue weighted by Crippen LogP contribution is 2.46. The summed E-state index contributed by atoms with van der Waals surface area (Å²) in [6.07, 6.45) is 6.61. The number of nitrogens with one attached hydrogen (secondary N) is 1. The lowest BCUT2D eigenvalue weighted by molar-refractivity contribution is 0.0417. The molecular formula is C13H18N5O4P. The summed E-state index contributed by atoms with van der Waals surface area (Å²) in [6.45, 7) is 0.476. The van der Waals surface area contributed by atoms with Gasteiger partial charge in [0.2, 0.25) is 5.95 Å². The lowest BCUT2D eigenvalue weighted by Crippen LogP contribution is -2.22. The second-order valence-corrected chi connectivity index (χ2v) is 7.90. The molecule has 0 bridgehead atoms. The quantitative estimate of drug-likeness (QED) is 0.641. The van der Waals surface area contributed by atoms with Gasteiger partial charge in [0, 0.05) is 6.04 Å². The van der Waals surface area contributed by atoms with Crippen LogP contribution in [0.1, 0.15) is 25.7 Å². The zero-order valence-corrected chi connectivity index (χ0v) is 13.3. The predicted octanol–water partition coefficient (Wildman–Crippen LogP) is 1.08. The maximum atomic E-state index is 11.0. The SMILES string of the molecule is O=P(O)(O)COC1(Cn2cnc3cnc(NC4CC4)nc32)CC1. The Hall–Kier alpha value is -1.54. The minimum absolute atomic E-state index is 0.463. The Morgan fingerprint density at radius 3 is 2.83 bits per heavy atom. The summed E-state index contributed by atoms with van der Waals surface area (Å²) in [5, 5.41) is 3.25. The molecule has 4 rings (SSSR count). The highest BCUT2D eigenvalue weighted by atomic mass is 31.2. The molecular weight excluding hydrogens is 321 g/mol. The third-order valence-corrected chi connectivity index (χ3v) is 4.54. The van der Waals surface area contributed by atoms with Crippen molar-refractivity contribution in [2.75, 3.05) is 11.7 Å². The Labute approximate surface area is 132 Å². The number of ether oxygens (including phenoxy) is 1. The summed E-state index contributed by atoms with van der Waals surface area (Å²) >= 11 is 0. The van der Waals surface area contributed by atoms with Gasteiger partial charge in [0.25, 0.3) is 0 Å². The molecule has 10 heteroatoms. The molecule has 0 aliphatic heterocycles. The van der Waals surface area contributed by atoms with E-state index in [9.17, 15) is 4.57 Å². The van der Waals surface area contributed by atoms with E-state index in [1.165, 1.54) is 0 Å². The first-order valence-corrected chi connectivity index (χ1v) is 9.35. The van der Waals surface area contributed by atoms with Gasteiger partial charge in [-0.25, -0.2) is 9.97 Å². The summed E-state index contributed by atoms with van der Waals surface area (Å²) in [6, 6.07) is 0.463. The highest BCUT2D eigenvalue weighted by molar-refractivity contribution is 7.51. The van der Waals surface area contributed by atoms with E-state index in [0.717, 1.165) is 25.7 Å². The average molecular weight is 339 g/mol. The number of rotatable bonds is 7. The molecule has 0 unspecified atom stereocenters. The molecule has 0 aromatic carbocycles. The van der Waals surface area contributed by atoms with Gasteiger partial charge in [0.1, 0.15) is 11.9 Å². The number of hydrogen-bond acceptors (Lipinski definition) is 6. The number of aromatic nitrogens is 4. The minimum Gasteiger partial charge on any atom is -0.361 e. The summed E-state index contributed by atoms with van der Waals surface area (Å²) < 4.78 is 18.3. The Kier molecular flexibility index (Phi) is 3.42. The average Bonchev–Trinajstić information content (AvgIpc) is 3.39. The molecule has 0 spiro atoms. The number of imidazole rings is 1. The highest BCUT2D eigenvalue weighted by Gasteiger charge is 2.46. The maximum Gasteiger partial charge on any atom is 0.351 e. The lowest BCUT2D eigenvalue weighted by Gasteiger charge is -2.17. The second kappa shape index (κ2) is 5.24. The molecule has 23 heavy (non-hydrogen) atoms. The standard InChI is InChI=1S/C13H18N5O4P/c19-23(20,21)8-22-13(3-4-13)6-18-7-15-10-5-14-12(17-11(10)18)16-9-1-2-9/h5,7,9H,1-4,6,8H2,(H,14,16,17)(H2,19,20,21). The number of hydrogen-bond donors (Lipinski definition) is 3. The summed E-state index contributed by atoms with van der Waals surface area (Å²) in [5.41, 5.74) is 0.871. The molecule has 124 valence electrons. The van der Waals surface area contributed by atoms with Crippen molar-refractivity contribution in [2.45, 2.75) is 43.9 Å². The third-order valence-electron chi connectivity index (χ3n) is 4.07. The molecule has 2 aliphatic carbocycles. The first-order chi connectivity index (χ1) is 10.9. The van der Waals surface area contributed by atoms with Crippen molar-refractivity contribution in [3.8, 4) is 0 Å². The Bertz CT molecular complexity index is 780. The van der Waals surface area contributed by atoms with Crippen molar-refractivity contribution in [3.05, 3.63) is 12.5 Å². The van der Waals surface area contributed by atoms with Gasteiger partial charge in [0.05, 0.1) is 24.7 Å². The van der Waals surface area contributed by atoms with Gasteiger partial charge in [-0.15, -0.1) is 0 Å². The normalized spacial score (nSPS) is 19.9. The van der Waals surface area contributed by atoms with Crippen LogP contribution in [0.2, 0.25) is 0 Å². The van der Waals surface area contributed by atoms with Crippen molar-refractivity contribution in [2.24, 2.45) is 0 Å². The van der Waals surface area contributed by atoms with Crippen molar-refractivity contribution >= 4 is 24.7 Å². The summed E-state index contributed by atoms with van der Waals surface area (Å²) in [7, 11) is -4.16. The summed E-state index contributed by atoms with van der Waals surface area (Å²) in [4.78, 5) is 31.0. The molecule has 2 saturated carbocycles. The molecule has 0 radical (unpaired) electrons. The van der Waals surface area contributed by atoms with Crippen LogP contribution in [-0.2, 0) is 15.8 Å². The van der Waals surface area contributed by atoms with Gasteiger partial charge in [0.15, 0.2) is 5.65 Å². The first-order valence-electron chi connectivity index (χ1n) is 7.55. The van der Waals surface area contributed by atoms with E-state index in [1.807, 2.05) is 4.57 Å². The predicted molar refractivity (Wildman–Crippen MR) is 81.9 cm³/mol. The van der Waals surface area contributed by atoms with Crippen molar-refractivity contribution in [1.82, 2.24) is 19.5 Å². The molecule has 2 aliphatic rings. The van der Waals surface area contributed by atoms with Crippen LogP contribution in [0.3, 0.4) is 0 Å². The van der Waals surface area contributed by atoms with E-state index in [-0.39, 0.29) is 0 Å². The minimum atomic E-state index is -4.16. The van der Waals surface area contributed by atoms with Gasteiger partial charge in [-0.2, -0.15) is 4.98 Å². The van der Waals surface area contributed by atoms with Crippen molar-refractivity contribution < 1.29 is 19.1 Å². The van der Waals surface area contributed by atoms with Crippen LogP contribution in [0.4, 0.5) is 5.95 Å². The smallest absolute Gasteiger partial charge is 0.351 e. The fourth-order valence-corrected chi connectivity index (χ4v) is 2.91. The topological polar surface area (TPSA) is 122 Å². The van der Waals surface area contributed by atoms with Crippen LogP contribution in [0, 0.1) is 0 Å². The lowest BCUT2D eigenvalue weighted by atomic mass is 10.3. The maximum absolute atomic E-state index is 11.0. The van der Waals surface area contributed by atoms with Gasteiger partial charge in [-0.1, -0.05) is 0 Å². The van der Waals surface area contributed by atoms with Crippen LogP contribution >= 0.6 is 7.60 Å². The van der Waals surface area contributed by atoms with Crippen LogP contribution in [0.15, 0.2) is 12.5 Å².